The maximum atomic E-state index is 10.1. The highest BCUT2D eigenvalue weighted by molar-refractivity contribution is 6.48. The molecular weight excluding hydrogens is 244 g/mol. The second kappa shape index (κ2) is 4.68. The molecule has 0 aromatic heterocycles. The van der Waals surface area contributed by atoms with Gasteiger partial charge in [-0.1, -0.05) is 32.9 Å². The Morgan fingerprint density at radius 2 is 1.94 bits per heavy atom. The molecule has 0 saturated heterocycles. The summed E-state index contributed by atoms with van der Waals surface area (Å²) in [5.41, 5.74) is 2.11. The number of hydrogen-bond acceptors (Lipinski definition) is 3. The third kappa shape index (κ3) is 2.60. The number of benzene rings is 1. The monoisotopic (exact) mass is 265 g/mol. The van der Waals surface area contributed by atoms with Crippen molar-refractivity contribution in [2.45, 2.75) is 51.7 Å². The molecule has 0 aliphatic carbocycles. The van der Waals surface area contributed by atoms with Gasteiger partial charge in [0.15, 0.2) is 0 Å². The minimum absolute atomic E-state index is 0.0761. The summed E-state index contributed by atoms with van der Waals surface area (Å²) in [6, 6.07) is 6.01. The van der Waals surface area contributed by atoms with E-state index in [0.29, 0.717) is 0 Å². The summed E-state index contributed by atoms with van der Waals surface area (Å²) >= 11 is 0. The van der Waals surface area contributed by atoms with Gasteiger partial charge in [-0.25, -0.2) is 0 Å². The van der Waals surface area contributed by atoms with Crippen molar-refractivity contribution in [2.75, 3.05) is 0 Å². The maximum Gasteiger partial charge on any atom is 0.221 e. The summed E-state index contributed by atoms with van der Waals surface area (Å²) in [5, 5.41) is 10.1. The Balaban J connectivity index is 2.26. The van der Waals surface area contributed by atoms with Crippen LogP contribution in [0.15, 0.2) is 18.2 Å². The van der Waals surface area contributed by atoms with Crippen LogP contribution < -0.4 is 4.74 Å². The summed E-state index contributed by atoms with van der Waals surface area (Å²) in [7, 11) is -0.890. The van der Waals surface area contributed by atoms with Gasteiger partial charge in [-0.2, -0.15) is 0 Å². The molecule has 4 heteroatoms. The van der Waals surface area contributed by atoms with Gasteiger partial charge in [0.05, 0.1) is 0 Å². The van der Waals surface area contributed by atoms with Crippen LogP contribution in [0.2, 0.25) is 13.1 Å². The highest BCUT2D eigenvalue weighted by atomic mass is 28.3. The van der Waals surface area contributed by atoms with Gasteiger partial charge in [0.25, 0.3) is 0 Å². The molecule has 0 amide bonds. The second-order valence-corrected chi connectivity index (χ2v) is 8.01. The molecule has 0 bridgehead atoms. The molecule has 99 valence electrons. The van der Waals surface area contributed by atoms with Gasteiger partial charge in [0, 0.05) is 5.56 Å². The lowest BCUT2D eigenvalue weighted by atomic mass is 9.86. The number of ether oxygens (including phenoxy) is 1. The summed E-state index contributed by atoms with van der Waals surface area (Å²) in [5.74, 6) is 0.753. The van der Waals surface area contributed by atoms with Crippen LogP contribution in [0.1, 0.15) is 38.0 Å². The minimum Gasteiger partial charge on any atom is -0.462 e. The Labute approximate surface area is 110 Å². The summed E-state index contributed by atoms with van der Waals surface area (Å²) in [4.78, 5) is 0. The molecule has 1 radical (unpaired) electrons. The van der Waals surface area contributed by atoms with Crippen LogP contribution in [0.3, 0.4) is 0 Å². The first kappa shape index (κ1) is 13.6. The number of aliphatic hydroxyl groups excluding tert-OH is 1. The summed E-state index contributed by atoms with van der Waals surface area (Å²) in [6.45, 7) is 10.5. The van der Waals surface area contributed by atoms with E-state index in [-0.39, 0.29) is 5.41 Å². The normalized spacial score (nSPS) is 23.1. The molecule has 1 aromatic carbocycles. The molecule has 1 heterocycles. The van der Waals surface area contributed by atoms with Crippen molar-refractivity contribution < 1.29 is 14.3 Å². The Hall–Kier alpha value is -0.843. The largest absolute Gasteiger partial charge is 0.462 e. The van der Waals surface area contributed by atoms with Gasteiger partial charge in [0.2, 0.25) is 15.3 Å². The van der Waals surface area contributed by atoms with Gasteiger partial charge >= 0.3 is 0 Å². The molecule has 18 heavy (non-hydrogen) atoms. The lowest BCUT2D eigenvalue weighted by Crippen LogP contribution is -2.27. The molecule has 1 aliphatic rings. The zero-order valence-electron chi connectivity index (χ0n) is 11.7. The fourth-order valence-electron chi connectivity index (χ4n) is 2.00. The summed E-state index contributed by atoms with van der Waals surface area (Å²) < 4.78 is 11.4. The molecular formula is C14H21O3Si. The second-order valence-electron chi connectivity index (χ2n) is 5.96. The Morgan fingerprint density at radius 3 is 2.50 bits per heavy atom. The van der Waals surface area contributed by atoms with E-state index in [4.69, 9.17) is 9.16 Å². The van der Waals surface area contributed by atoms with Crippen LogP contribution in [0.4, 0.5) is 0 Å². The van der Waals surface area contributed by atoms with Gasteiger partial charge in [0.1, 0.15) is 11.9 Å². The number of fused-ring (bicyclic) bond motifs is 1. The minimum atomic E-state index is -0.890. The quantitative estimate of drug-likeness (QED) is 0.835. The molecule has 0 saturated carbocycles. The molecule has 0 fully saturated rings. The molecule has 0 spiro atoms. The smallest absolute Gasteiger partial charge is 0.221 e. The lowest BCUT2D eigenvalue weighted by molar-refractivity contribution is -0.0659. The van der Waals surface area contributed by atoms with E-state index < -0.39 is 21.4 Å². The van der Waals surface area contributed by atoms with Gasteiger partial charge in [-0.05, 0) is 30.1 Å². The van der Waals surface area contributed by atoms with Gasteiger partial charge < -0.3 is 14.3 Å². The predicted molar refractivity (Wildman–Crippen MR) is 73.1 cm³/mol. The van der Waals surface area contributed by atoms with Crippen LogP contribution in [0.5, 0.6) is 5.75 Å². The Kier molecular flexibility index (Phi) is 3.53. The van der Waals surface area contributed by atoms with Crippen molar-refractivity contribution in [3.05, 3.63) is 29.3 Å². The number of aliphatic hydroxyl groups is 1. The first-order valence-corrected chi connectivity index (χ1v) is 8.66. The summed E-state index contributed by atoms with van der Waals surface area (Å²) in [6.07, 6.45) is -1.21. The maximum absolute atomic E-state index is 10.1. The van der Waals surface area contributed by atoms with Crippen molar-refractivity contribution in [1.82, 2.24) is 0 Å². The molecule has 2 unspecified atom stereocenters. The van der Waals surface area contributed by atoms with E-state index in [2.05, 4.69) is 26.8 Å². The first-order valence-electron chi connectivity index (χ1n) is 6.25. The van der Waals surface area contributed by atoms with E-state index in [1.807, 2.05) is 25.2 Å². The zero-order valence-corrected chi connectivity index (χ0v) is 12.7. The van der Waals surface area contributed by atoms with Crippen molar-refractivity contribution in [3.8, 4) is 5.75 Å². The van der Waals surface area contributed by atoms with Crippen LogP contribution in [0.25, 0.3) is 0 Å². The first-order chi connectivity index (χ1) is 8.29. The SMILES string of the molecule is C[Si](C)OC1Oc2cc(C(C)(C)C)ccc2C1O. The fraction of sp³-hybridized carbons (Fsp3) is 0.571. The molecule has 1 aliphatic heterocycles. The van der Waals surface area contributed by atoms with E-state index in [0.717, 1.165) is 11.3 Å². The molecule has 1 N–H and O–H groups in total. The van der Waals surface area contributed by atoms with E-state index in [1.165, 1.54) is 5.56 Å². The van der Waals surface area contributed by atoms with Crippen LogP contribution in [-0.4, -0.2) is 20.4 Å². The highest BCUT2D eigenvalue weighted by Gasteiger charge is 2.35. The van der Waals surface area contributed by atoms with E-state index in [9.17, 15) is 5.11 Å². The van der Waals surface area contributed by atoms with Crippen LogP contribution in [0, 0.1) is 0 Å². The standard InChI is InChI=1S/C14H21O3Si/c1-14(2,3)9-6-7-10-11(8-9)16-13(12(10)15)17-18(4)5/h6-8,12-13,15H,1-5H3. The van der Waals surface area contributed by atoms with Gasteiger partial charge in [-0.3, -0.25) is 0 Å². The third-order valence-electron chi connectivity index (χ3n) is 3.05. The fourth-order valence-corrected chi connectivity index (χ4v) is 2.65. The van der Waals surface area contributed by atoms with Crippen LogP contribution in [-0.2, 0) is 9.84 Å². The molecule has 1 aromatic rings. The molecule has 2 atom stereocenters. The van der Waals surface area contributed by atoms with Crippen LogP contribution >= 0.6 is 0 Å². The molecule has 2 rings (SSSR count). The zero-order chi connectivity index (χ0) is 13.5. The topological polar surface area (TPSA) is 38.7 Å². The number of hydrogen-bond donors (Lipinski definition) is 1. The molecule has 3 nitrogen and oxygen atoms in total. The van der Waals surface area contributed by atoms with Crippen molar-refractivity contribution in [1.29, 1.82) is 0 Å². The lowest BCUT2D eigenvalue weighted by Gasteiger charge is -2.19. The third-order valence-corrected chi connectivity index (χ3v) is 3.75. The van der Waals surface area contributed by atoms with E-state index >= 15 is 0 Å². The van der Waals surface area contributed by atoms with E-state index in [1.54, 1.807) is 0 Å². The van der Waals surface area contributed by atoms with Crippen molar-refractivity contribution in [3.63, 3.8) is 0 Å². The average Bonchev–Trinajstić information content (AvgIpc) is 2.53. The predicted octanol–water partition coefficient (Wildman–Crippen LogP) is 3.00. The average molecular weight is 265 g/mol. The van der Waals surface area contributed by atoms with Crippen molar-refractivity contribution >= 4 is 9.04 Å². The van der Waals surface area contributed by atoms with Crippen molar-refractivity contribution in [2.24, 2.45) is 0 Å². The Morgan fingerprint density at radius 1 is 1.28 bits per heavy atom. The highest BCUT2D eigenvalue weighted by Crippen LogP contribution is 2.39. The van der Waals surface area contributed by atoms with Gasteiger partial charge in [-0.15, -0.1) is 0 Å². The number of rotatable bonds is 2. The Bertz CT molecular complexity index is 437.